The molecule has 1 aromatic rings. The van der Waals surface area contributed by atoms with Crippen LogP contribution in [0.25, 0.3) is 0 Å². The minimum absolute atomic E-state index is 0.564. The number of hydrazone groups is 1. The molecule has 18 heavy (non-hydrogen) atoms. The van der Waals surface area contributed by atoms with Gasteiger partial charge in [-0.2, -0.15) is 5.10 Å². The zero-order valence-corrected chi connectivity index (χ0v) is 11.8. The first-order valence-electron chi connectivity index (χ1n) is 6.34. The Balaban J connectivity index is 2.72. The molecule has 0 saturated heterocycles. The van der Waals surface area contributed by atoms with E-state index >= 15 is 0 Å². The molecule has 0 aliphatic heterocycles. The lowest BCUT2D eigenvalue weighted by molar-refractivity contribution is 0.425. The average molecular weight is 245 g/mol. The first-order valence-corrected chi connectivity index (χ1v) is 6.34. The van der Waals surface area contributed by atoms with Gasteiger partial charge in [-0.25, -0.2) is 0 Å². The van der Waals surface area contributed by atoms with Gasteiger partial charge in [0.1, 0.15) is 6.34 Å². The number of hydrogen-bond donors (Lipinski definition) is 0. The predicted molar refractivity (Wildman–Crippen MR) is 80.0 cm³/mol. The molecule has 0 aliphatic carbocycles. The number of hydrogen-bond acceptors (Lipinski definition) is 2. The lowest BCUT2D eigenvalue weighted by Gasteiger charge is -2.17. The second kappa shape index (κ2) is 6.84. The summed E-state index contributed by atoms with van der Waals surface area (Å²) in [6, 6.07) is 8.56. The van der Waals surface area contributed by atoms with Crippen molar-refractivity contribution in [2.45, 2.75) is 26.7 Å². The molecular weight excluding hydrogens is 222 g/mol. The van der Waals surface area contributed by atoms with Crippen LogP contribution < -0.4 is 4.90 Å². The summed E-state index contributed by atoms with van der Waals surface area (Å²) in [6.07, 6.45) is 3.52. The molecule has 98 valence electrons. The molecule has 0 amide bonds. The number of anilines is 1. The summed E-state index contributed by atoms with van der Waals surface area (Å²) in [5, 5.41) is 6.10. The zero-order chi connectivity index (χ0) is 13.5. The lowest BCUT2D eigenvalue weighted by Crippen LogP contribution is -2.18. The summed E-state index contributed by atoms with van der Waals surface area (Å²) >= 11 is 0. The van der Waals surface area contributed by atoms with E-state index < -0.39 is 0 Å². The molecule has 0 heterocycles. The van der Waals surface area contributed by atoms with E-state index in [4.69, 9.17) is 0 Å². The van der Waals surface area contributed by atoms with Gasteiger partial charge in [0.05, 0.1) is 0 Å². The minimum atomic E-state index is 0.564. The quantitative estimate of drug-likeness (QED) is 0.433. The van der Waals surface area contributed by atoms with Crippen LogP contribution in [0, 0.1) is 0 Å². The topological polar surface area (TPSA) is 18.8 Å². The lowest BCUT2D eigenvalue weighted by atomic mass is 10.0. The first-order chi connectivity index (χ1) is 8.58. The third kappa shape index (κ3) is 3.91. The maximum absolute atomic E-state index is 4.31. The van der Waals surface area contributed by atoms with E-state index in [1.807, 2.05) is 18.9 Å². The van der Waals surface area contributed by atoms with Gasteiger partial charge in [0.25, 0.3) is 0 Å². The van der Waals surface area contributed by atoms with Gasteiger partial charge in [0.15, 0.2) is 0 Å². The summed E-state index contributed by atoms with van der Waals surface area (Å²) in [5.41, 5.74) is 2.48. The highest BCUT2D eigenvalue weighted by Gasteiger charge is 2.01. The molecule has 0 spiro atoms. The highest BCUT2D eigenvalue weighted by molar-refractivity contribution is 5.78. The number of nitrogens with zero attached hydrogens (tertiary/aromatic N) is 3. The smallest absolute Gasteiger partial charge is 0.116 e. The summed E-state index contributed by atoms with van der Waals surface area (Å²) in [4.78, 5) is 2.00. The molecule has 0 atom stereocenters. The van der Waals surface area contributed by atoms with Crippen LogP contribution in [0.15, 0.2) is 42.1 Å². The minimum Gasteiger partial charge on any atom is -0.334 e. The molecule has 0 fully saturated rings. The molecule has 0 aromatic heterocycles. The van der Waals surface area contributed by atoms with Gasteiger partial charge < -0.3 is 4.90 Å². The van der Waals surface area contributed by atoms with E-state index in [2.05, 4.69) is 49.8 Å². The van der Waals surface area contributed by atoms with Crippen molar-refractivity contribution >= 4 is 12.0 Å². The molecule has 0 unspecified atom stereocenters. The first kappa shape index (κ1) is 14.3. The van der Waals surface area contributed by atoms with Crippen LogP contribution in [0.2, 0.25) is 0 Å². The Morgan fingerprint density at radius 1 is 1.28 bits per heavy atom. The fourth-order valence-corrected chi connectivity index (χ4v) is 1.56. The molecule has 0 radical (unpaired) electrons. The molecule has 1 aromatic carbocycles. The molecule has 0 bridgehead atoms. The Kier molecular flexibility index (Phi) is 5.43. The van der Waals surface area contributed by atoms with Gasteiger partial charge in [-0.1, -0.05) is 32.6 Å². The van der Waals surface area contributed by atoms with E-state index in [-0.39, 0.29) is 0 Å². The standard InChI is InChI=1S/C15H23N3/c1-6-18(7-2)16-12-17(5)15-10-8-14(9-11-15)13(3)4/h6,8-13H,1,7H2,2-5H3/b16-12-. The van der Waals surface area contributed by atoms with E-state index in [9.17, 15) is 0 Å². The van der Waals surface area contributed by atoms with Crippen molar-refractivity contribution in [2.24, 2.45) is 5.10 Å². The molecular formula is C15H23N3. The maximum atomic E-state index is 4.31. The Hall–Kier alpha value is -1.77. The van der Waals surface area contributed by atoms with Gasteiger partial charge in [0.2, 0.25) is 0 Å². The molecule has 0 aliphatic rings. The fourth-order valence-electron chi connectivity index (χ4n) is 1.56. The largest absolute Gasteiger partial charge is 0.334 e. The van der Waals surface area contributed by atoms with Gasteiger partial charge in [-0.15, -0.1) is 0 Å². The van der Waals surface area contributed by atoms with Crippen molar-refractivity contribution in [1.82, 2.24) is 5.01 Å². The highest BCUT2D eigenvalue weighted by Crippen LogP contribution is 2.18. The van der Waals surface area contributed by atoms with E-state index in [0.717, 1.165) is 12.2 Å². The van der Waals surface area contributed by atoms with Crippen LogP contribution in [0.5, 0.6) is 0 Å². The van der Waals surface area contributed by atoms with E-state index in [0.29, 0.717) is 5.92 Å². The van der Waals surface area contributed by atoms with Gasteiger partial charge >= 0.3 is 0 Å². The Bertz CT molecular complexity index is 393. The summed E-state index contributed by atoms with van der Waals surface area (Å²) in [6.45, 7) is 11.0. The average Bonchev–Trinajstić information content (AvgIpc) is 2.39. The Morgan fingerprint density at radius 3 is 2.33 bits per heavy atom. The third-order valence-electron chi connectivity index (χ3n) is 2.87. The van der Waals surface area contributed by atoms with Crippen molar-refractivity contribution in [3.63, 3.8) is 0 Å². The van der Waals surface area contributed by atoms with Gasteiger partial charge in [0, 0.05) is 25.5 Å². The van der Waals surface area contributed by atoms with Crippen molar-refractivity contribution in [3.05, 3.63) is 42.6 Å². The van der Waals surface area contributed by atoms with Crippen molar-refractivity contribution < 1.29 is 0 Å². The van der Waals surface area contributed by atoms with Crippen LogP contribution in [-0.2, 0) is 0 Å². The Labute approximate surface area is 110 Å². The van der Waals surface area contributed by atoms with E-state index in [1.54, 1.807) is 17.5 Å². The van der Waals surface area contributed by atoms with Crippen LogP contribution >= 0.6 is 0 Å². The molecule has 3 heteroatoms. The van der Waals surface area contributed by atoms with Gasteiger partial charge in [-0.05, 0) is 30.5 Å². The monoisotopic (exact) mass is 245 g/mol. The van der Waals surface area contributed by atoms with Crippen LogP contribution in [0.4, 0.5) is 5.69 Å². The second-order valence-corrected chi connectivity index (χ2v) is 4.53. The molecule has 0 saturated carbocycles. The van der Waals surface area contributed by atoms with E-state index in [1.165, 1.54) is 5.56 Å². The van der Waals surface area contributed by atoms with Crippen LogP contribution in [0.3, 0.4) is 0 Å². The summed E-state index contributed by atoms with van der Waals surface area (Å²) in [7, 11) is 1.99. The zero-order valence-electron chi connectivity index (χ0n) is 11.8. The molecule has 3 nitrogen and oxygen atoms in total. The summed E-state index contributed by atoms with van der Waals surface area (Å²) in [5.74, 6) is 0.564. The highest BCUT2D eigenvalue weighted by atomic mass is 15.5. The van der Waals surface area contributed by atoms with Crippen LogP contribution in [0.1, 0.15) is 32.3 Å². The maximum Gasteiger partial charge on any atom is 0.116 e. The second-order valence-electron chi connectivity index (χ2n) is 4.53. The SMILES string of the molecule is C=CN(CC)/N=C\N(C)c1ccc(C(C)C)cc1. The molecule has 1 rings (SSSR count). The van der Waals surface area contributed by atoms with Crippen molar-refractivity contribution in [2.75, 3.05) is 18.5 Å². The summed E-state index contributed by atoms with van der Waals surface area (Å²) < 4.78 is 0. The predicted octanol–water partition coefficient (Wildman–Crippen LogP) is 3.65. The molecule has 0 N–H and O–H groups in total. The number of rotatable bonds is 6. The normalized spacial score (nSPS) is 10.9. The fraction of sp³-hybridized carbons (Fsp3) is 0.400. The number of benzene rings is 1. The van der Waals surface area contributed by atoms with Crippen molar-refractivity contribution in [3.8, 4) is 0 Å². The Morgan fingerprint density at radius 2 is 1.89 bits per heavy atom. The van der Waals surface area contributed by atoms with Crippen LogP contribution in [-0.4, -0.2) is 24.9 Å². The van der Waals surface area contributed by atoms with Gasteiger partial charge in [-0.3, -0.25) is 5.01 Å². The van der Waals surface area contributed by atoms with Crippen molar-refractivity contribution in [1.29, 1.82) is 0 Å². The third-order valence-corrected chi connectivity index (χ3v) is 2.87.